The van der Waals surface area contributed by atoms with E-state index in [1.165, 1.54) is 27.8 Å². The number of amides is 1. The number of carbonyl (C=O) groups is 1. The molecule has 1 aromatic heterocycles. The molecule has 2 atom stereocenters. The Hall–Kier alpha value is -1.86. The van der Waals surface area contributed by atoms with Gasteiger partial charge in [-0.1, -0.05) is 0 Å². The van der Waals surface area contributed by atoms with Crippen LogP contribution >= 0.6 is 0 Å². The van der Waals surface area contributed by atoms with Crippen molar-refractivity contribution in [3.05, 3.63) is 28.7 Å². The maximum Gasteiger partial charge on any atom is 0.251 e. The lowest BCUT2D eigenvalue weighted by Gasteiger charge is -2.16. The molecule has 7 nitrogen and oxygen atoms in total. The maximum atomic E-state index is 11.9. The van der Waals surface area contributed by atoms with E-state index in [-0.39, 0.29) is 31.1 Å². The standard InChI is InChI=1S/C11H15N3O4/c12-7-1-2-10(17)13(3-7)6-11(18)14-4-8(15)9(16)5-14/h1-3,8-9,15-16H,4-6,12H2. The fourth-order valence-corrected chi connectivity index (χ4v) is 1.89. The minimum atomic E-state index is -0.925. The molecule has 1 aliphatic heterocycles. The number of aliphatic hydroxyl groups excluding tert-OH is 2. The van der Waals surface area contributed by atoms with E-state index in [4.69, 9.17) is 5.73 Å². The Bertz CT molecular complexity index is 503. The molecule has 0 bridgehead atoms. The number of β-amino-alcohol motifs (C(OH)–C–C–N with tert-alkyl or cyclic N) is 2. The van der Waals surface area contributed by atoms with Gasteiger partial charge in [0, 0.05) is 31.0 Å². The second-order valence-electron chi connectivity index (χ2n) is 4.36. The minimum absolute atomic E-state index is 0.0804. The molecule has 1 aliphatic rings. The number of nitrogens with two attached hydrogens (primary N) is 1. The number of hydrogen-bond acceptors (Lipinski definition) is 5. The van der Waals surface area contributed by atoms with E-state index in [0.29, 0.717) is 5.69 Å². The fraction of sp³-hybridized carbons (Fsp3) is 0.455. The second-order valence-corrected chi connectivity index (χ2v) is 4.36. The minimum Gasteiger partial charge on any atom is -0.398 e. The Labute approximate surface area is 103 Å². The molecule has 2 heterocycles. The van der Waals surface area contributed by atoms with E-state index in [1.807, 2.05) is 0 Å². The van der Waals surface area contributed by atoms with Crippen LogP contribution in [0.25, 0.3) is 0 Å². The van der Waals surface area contributed by atoms with Gasteiger partial charge in [-0.2, -0.15) is 0 Å². The first-order valence-electron chi connectivity index (χ1n) is 5.57. The maximum absolute atomic E-state index is 11.9. The van der Waals surface area contributed by atoms with Gasteiger partial charge in [0.25, 0.3) is 5.56 Å². The lowest BCUT2D eigenvalue weighted by atomic mass is 10.3. The van der Waals surface area contributed by atoms with Gasteiger partial charge in [-0.25, -0.2) is 0 Å². The van der Waals surface area contributed by atoms with Crippen molar-refractivity contribution in [2.75, 3.05) is 18.8 Å². The smallest absolute Gasteiger partial charge is 0.251 e. The van der Waals surface area contributed by atoms with Crippen molar-refractivity contribution in [1.82, 2.24) is 9.47 Å². The molecule has 98 valence electrons. The lowest BCUT2D eigenvalue weighted by molar-refractivity contribution is -0.131. The van der Waals surface area contributed by atoms with Crippen LogP contribution in [0.1, 0.15) is 0 Å². The average Bonchev–Trinajstić information content (AvgIpc) is 2.64. The third kappa shape index (κ3) is 2.52. The number of nitrogens with zero attached hydrogens (tertiary/aromatic N) is 2. The molecule has 1 aromatic rings. The average molecular weight is 253 g/mol. The Kier molecular flexibility index (Phi) is 3.35. The van der Waals surface area contributed by atoms with Gasteiger partial charge in [-0.3, -0.25) is 9.59 Å². The Morgan fingerprint density at radius 1 is 1.33 bits per heavy atom. The predicted molar refractivity (Wildman–Crippen MR) is 63.7 cm³/mol. The van der Waals surface area contributed by atoms with Gasteiger partial charge in [0.1, 0.15) is 6.54 Å². The molecule has 2 rings (SSSR count). The highest BCUT2D eigenvalue weighted by Gasteiger charge is 2.32. The van der Waals surface area contributed by atoms with Gasteiger partial charge in [0.15, 0.2) is 0 Å². The zero-order valence-corrected chi connectivity index (χ0v) is 9.69. The summed E-state index contributed by atoms with van der Waals surface area (Å²) in [5.74, 6) is -0.335. The molecule has 18 heavy (non-hydrogen) atoms. The lowest BCUT2D eigenvalue weighted by Crippen LogP contribution is -2.35. The van der Waals surface area contributed by atoms with E-state index in [1.54, 1.807) is 0 Å². The van der Waals surface area contributed by atoms with Crippen LogP contribution in [0, 0.1) is 0 Å². The summed E-state index contributed by atoms with van der Waals surface area (Å²) in [6, 6.07) is 2.75. The van der Waals surface area contributed by atoms with Crippen LogP contribution in [-0.2, 0) is 11.3 Å². The SMILES string of the molecule is Nc1ccc(=O)n(CC(=O)N2CC(O)C(O)C2)c1. The van der Waals surface area contributed by atoms with Gasteiger partial charge >= 0.3 is 0 Å². The Balaban J connectivity index is 2.08. The molecule has 0 radical (unpaired) electrons. The number of pyridine rings is 1. The summed E-state index contributed by atoms with van der Waals surface area (Å²) in [5.41, 5.74) is 5.61. The highest BCUT2D eigenvalue weighted by Crippen LogP contribution is 2.10. The van der Waals surface area contributed by atoms with E-state index >= 15 is 0 Å². The molecular weight excluding hydrogens is 238 g/mol. The molecule has 0 aliphatic carbocycles. The monoisotopic (exact) mass is 253 g/mol. The summed E-state index contributed by atoms with van der Waals surface area (Å²) in [4.78, 5) is 24.7. The van der Waals surface area contributed by atoms with E-state index < -0.39 is 12.2 Å². The zero-order chi connectivity index (χ0) is 13.3. The number of hydrogen-bond donors (Lipinski definition) is 3. The quantitative estimate of drug-likeness (QED) is 0.564. The number of likely N-dealkylation sites (tertiary alicyclic amines) is 1. The molecule has 1 amide bonds. The molecule has 4 N–H and O–H groups in total. The number of carbonyl (C=O) groups excluding carboxylic acids is 1. The molecule has 1 saturated heterocycles. The van der Waals surface area contributed by atoms with Crippen molar-refractivity contribution in [2.45, 2.75) is 18.8 Å². The first kappa shape index (κ1) is 12.6. The number of aromatic nitrogens is 1. The Morgan fingerprint density at radius 3 is 2.56 bits per heavy atom. The van der Waals surface area contributed by atoms with Crippen LogP contribution in [0.5, 0.6) is 0 Å². The summed E-state index contributed by atoms with van der Waals surface area (Å²) < 4.78 is 1.20. The molecular formula is C11H15N3O4. The molecule has 0 saturated carbocycles. The molecule has 0 aromatic carbocycles. The largest absolute Gasteiger partial charge is 0.398 e. The second kappa shape index (κ2) is 4.79. The van der Waals surface area contributed by atoms with Crippen molar-refractivity contribution in [3.63, 3.8) is 0 Å². The molecule has 7 heteroatoms. The third-order valence-electron chi connectivity index (χ3n) is 2.92. The topological polar surface area (TPSA) is 109 Å². The van der Waals surface area contributed by atoms with Gasteiger partial charge in [0.05, 0.1) is 12.2 Å². The molecule has 2 unspecified atom stereocenters. The van der Waals surface area contributed by atoms with Gasteiger partial charge in [0.2, 0.25) is 5.91 Å². The number of rotatable bonds is 2. The van der Waals surface area contributed by atoms with Crippen molar-refractivity contribution in [3.8, 4) is 0 Å². The number of anilines is 1. The van der Waals surface area contributed by atoms with Crippen LogP contribution in [0.2, 0.25) is 0 Å². The molecule has 1 fully saturated rings. The summed E-state index contributed by atoms with van der Waals surface area (Å²) >= 11 is 0. The van der Waals surface area contributed by atoms with Gasteiger partial charge < -0.3 is 25.4 Å². The van der Waals surface area contributed by atoms with E-state index in [0.717, 1.165) is 0 Å². The van der Waals surface area contributed by atoms with Crippen molar-refractivity contribution >= 4 is 11.6 Å². The van der Waals surface area contributed by atoms with Gasteiger partial charge in [-0.05, 0) is 6.07 Å². The van der Waals surface area contributed by atoms with Crippen LogP contribution in [0.4, 0.5) is 5.69 Å². The summed E-state index contributed by atoms with van der Waals surface area (Å²) in [6.45, 7) is 0.0114. The number of nitrogen functional groups attached to an aromatic ring is 1. The zero-order valence-electron chi connectivity index (χ0n) is 9.69. The normalized spacial score (nSPS) is 23.3. The van der Waals surface area contributed by atoms with Gasteiger partial charge in [-0.15, -0.1) is 0 Å². The Morgan fingerprint density at radius 2 is 1.94 bits per heavy atom. The highest BCUT2D eigenvalue weighted by molar-refractivity contribution is 5.76. The first-order chi connectivity index (χ1) is 8.47. The first-order valence-corrected chi connectivity index (χ1v) is 5.57. The fourth-order valence-electron chi connectivity index (χ4n) is 1.89. The van der Waals surface area contributed by atoms with Crippen molar-refractivity contribution < 1.29 is 15.0 Å². The van der Waals surface area contributed by atoms with E-state index in [9.17, 15) is 19.8 Å². The van der Waals surface area contributed by atoms with E-state index in [2.05, 4.69) is 0 Å². The predicted octanol–water partition coefficient (Wildman–Crippen LogP) is -2.01. The van der Waals surface area contributed by atoms with Crippen LogP contribution in [0.15, 0.2) is 23.1 Å². The third-order valence-corrected chi connectivity index (χ3v) is 2.92. The van der Waals surface area contributed by atoms with Crippen molar-refractivity contribution in [1.29, 1.82) is 0 Å². The molecule has 0 spiro atoms. The summed E-state index contributed by atoms with van der Waals surface area (Å²) in [6.07, 6.45) is -0.457. The highest BCUT2D eigenvalue weighted by atomic mass is 16.3. The van der Waals surface area contributed by atoms with Crippen LogP contribution < -0.4 is 11.3 Å². The van der Waals surface area contributed by atoms with Crippen LogP contribution in [0.3, 0.4) is 0 Å². The van der Waals surface area contributed by atoms with Crippen LogP contribution in [-0.4, -0.2) is 50.9 Å². The summed E-state index contributed by atoms with van der Waals surface area (Å²) in [5, 5.41) is 18.7. The summed E-state index contributed by atoms with van der Waals surface area (Å²) in [7, 11) is 0. The van der Waals surface area contributed by atoms with Crippen molar-refractivity contribution in [2.24, 2.45) is 0 Å². The number of aliphatic hydroxyl groups is 2.